The van der Waals surface area contributed by atoms with E-state index in [9.17, 15) is 18.0 Å². The summed E-state index contributed by atoms with van der Waals surface area (Å²) in [7, 11) is 0. The molecule has 4 nitrogen and oxygen atoms in total. The molecule has 1 amide bonds. The van der Waals surface area contributed by atoms with Crippen LogP contribution in [0.2, 0.25) is 0 Å². The van der Waals surface area contributed by atoms with Crippen molar-refractivity contribution in [3.8, 4) is 5.75 Å². The lowest BCUT2D eigenvalue weighted by Gasteiger charge is -2.12. The fourth-order valence-corrected chi connectivity index (χ4v) is 1.68. The molecular weight excluding hydrogens is 285 g/mol. The third-order valence-electron chi connectivity index (χ3n) is 2.83. The largest absolute Gasteiger partial charge is 0.573 e. The first kappa shape index (κ1) is 17.3. The van der Waals surface area contributed by atoms with Crippen molar-refractivity contribution in [1.82, 2.24) is 5.32 Å². The van der Waals surface area contributed by atoms with Crippen molar-refractivity contribution in [2.45, 2.75) is 45.1 Å². The fraction of sp³-hybridized carbons (Fsp3) is 0.500. The Bertz CT molecular complexity index is 447. The molecule has 0 aliphatic carbocycles. The van der Waals surface area contributed by atoms with Gasteiger partial charge in [0, 0.05) is 6.54 Å². The van der Waals surface area contributed by atoms with Gasteiger partial charge < -0.3 is 15.8 Å². The number of benzene rings is 1. The highest BCUT2D eigenvalue weighted by Crippen LogP contribution is 2.22. The normalized spacial score (nSPS) is 12.8. The molecule has 21 heavy (non-hydrogen) atoms. The second-order valence-corrected chi connectivity index (χ2v) is 4.66. The molecule has 118 valence electrons. The van der Waals surface area contributed by atoms with Gasteiger partial charge in [0.05, 0.1) is 6.04 Å². The molecule has 0 saturated heterocycles. The number of rotatable bonds is 7. The van der Waals surface area contributed by atoms with Gasteiger partial charge in [-0.3, -0.25) is 4.79 Å². The quantitative estimate of drug-likeness (QED) is 0.814. The zero-order valence-corrected chi connectivity index (χ0v) is 11.7. The number of hydrogen-bond donors (Lipinski definition) is 2. The summed E-state index contributed by atoms with van der Waals surface area (Å²) < 4.78 is 39.7. The van der Waals surface area contributed by atoms with Crippen molar-refractivity contribution >= 4 is 5.91 Å². The molecule has 0 fully saturated rings. The Morgan fingerprint density at radius 2 is 1.95 bits per heavy atom. The summed E-state index contributed by atoms with van der Waals surface area (Å²) in [5, 5.41) is 2.65. The summed E-state index contributed by atoms with van der Waals surface area (Å²) in [6.45, 7) is 2.22. The van der Waals surface area contributed by atoms with E-state index in [1.165, 1.54) is 24.3 Å². The van der Waals surface area contributed by atoms with Crippen molar-refractivity contribution in [3.63, 3.8) is 0 Å². The molecule has 0 saturated carbocycles. The number of nitrogens with two attached hydrogens (primary N) is 1. The molecule has 0 aliphatic rings. The van der Waals surface area contributed by atoms with Gasteiger partial charge in [-0.2, -0.15) is 0 Å². The average Bonchev–Trinajstić information content (AvgIpc) is 2.42. The number of alkyl halides is 3. The molecule has 7 heteroatoms. The van der Waals surface area contributed by atoms with Crippen LogP contribution in [0.15, 0.2) is 24.3 Å². The molecular formula is C14H19F3N2O2. The van der Waals surface area contributed by atoms with Crippen molar-refractivity contribution in [2.75, 3.05) is 0 Å². The van der Waals surface area contributed by atoms with E-state index < -0.39 is 12.4 Å². The van der Waals surface area contributed by atoms with Gasteiger partial charge in [0.1, 0.15) is 5.75 Å². The number of carbonyl (C=O) groups excluding carboxylic acids is 1. The van der Waals surface area contributed by atoms with Crippen molar-refractivity contribution in [1.29, 1.82) is 0 Å². The third-order valence-corrected chi connectivity index (χ3v) is 2.83. The maximum absolute atomic E-state index is 12.0. The van der Waals surface area contributed by atoms with E-state index >= 15 is 0 Å². The van der Waals surface area contributed by atoms with Gasteiger partial charge in [-0.25, -0.2) is 0 Å². The monoisotopic (exact) mass is 304 g/mol. The molecule has 1 aromatic carbocycles. The predicted octanol–water partition coefficient (Wildman–Crippen LogP) is 2.72. The molecule has 0 aromatic heterocycles. The van der Waals surface area contributed by atoms with E-state index in [0.29, 0.717) is 12.0 Å². The van der Waals surface area contributed by atoms with Crippen LogP contribution in [0.3, 0.4) is 0 Å². The van der Waals surface area contributed by atoms with E-state index in [0.717, 1.165) is 12.8 Å². The Labute approximate surface area is 121 Å². The Morgan fingerprint density at radius 1 is 1.33 bits per heavy atom. The molecule has 0 radical (unpaired) electrons. The van der Waals surface area contributed by atoms with Crippen LogP contribution in [0.1, 0.15) is 31.7 Å². The number of carbonyl (C=O) groups is 1. The van der Waals surface area contributed by atoms with Crippen molar-refractivity contribution in [3.05, 3.63) is 29.8 Å². The Balaban J connectivity index is 2.44. The molecule has 3 N–H and O–H groups in total. The predicted molar refractivity (Wildman–Crippen MR) is 72.5 cm³/mol. The molecule has 1 atom stereocenters. The maximum Gasteiger partial charge on any atom is 0.573 e. The van der Waals surface area contributed by atoms with Crippen LogP contribution in [0.5, 0.6) is 5.75 Å². The highest BCUT2D eigenvalue weighted by molar-refractivity contribution is 5.81. The highest BCUT2D eigenvalue weighted by Gasteiger charge is 2.30. The summed E-state index contributed by atoms with van der Waals surface area (Å²) in [5.74, 6) is -0.559. The van der Waals surface area contributed by atoms with E-state index in [1.54, 1.807) is 0 Å². The van der Waals surface area contributed by atoms with E-state index in [-0.39, 0.29) is 18.2 Å². The number of ether oxygens (including phenoxy) is 1. The summed E-state index contributed by atoms with van der Waals surface area (Å²) in [6.07, 6.45) is -2.26. The van der Waals surface area contributed by atoms with Crippen LogP contribution in [0, 0.1) is 0 Å². The van der Waals surface area contributed by atoms with Crippen LogP contribution in [-0.2, 0) is 11.3 Å². The van der Waals surface area contributed by atoms with Crippen LogP contribution in [0.25, 0.3) is 0 Å². The number of nitrogens with one attached hydrogen (secondary N) is 1. The van der Waals surface area contributed by atoms with Gasteiger partial charge in [0.25, 0.3) is 0 Å². The molecule has 0 unspecified atom stereocenters. The van der Waals surface area contributed by atoms with Gasteiger partial charge in [0.2, 0.25) is 5.91 Å². The van der Waals surface area contributed by atoms with E-state index in [2.05, 4.69) is 10.1 Å². The Hall–Kier alpha value is -1.76. The Morgan fingerprint density at radius 3 is 2.48 bits per heavy atom. The number of amides is 1. The second-order valence-electron chi connectivity index (χ2n) is 4.66. The number of hydrogen-bond acceptors (Lipinski definition) is 3. The molecule has 0 bridgehead atoms. The van der Waals surface area contributed by atoms with E-state index in [1.807, 2.05) is 6.92 Å². The second kappa shape index (κ2) is 7.87. The fourth-order valence-electron chi connectivity index (χ4n) is 1.68. The molecule has 1 rings (SSSR count). The maximum atomic E-state index is 12.0. The van der Waals surface area contributed by atoms with Crippen LogP contribution in [-0.4, -0.2) is 18.3 Å². The van der Waals surface area contributed by atoms with Crippen LogP contribution >= 0.6 is 0 Å². The summed E-state index contributed by atoms with van der Waals surface area (Å²) >= 11 is 0. The van der Waals surface area contributed by atoms with Crippen LogP contribution in [0.4, 0.5) is 13.2 Å². The Kier molecular flexibility index (Phi) is 6.48. The number of halogens is 3. The first-order valence-corrected chi connectivity index (χ1v) is 6.70. The van der Waals surface area contributed by atoms with Crippen molar-refractivity contribution in [2.24, 2.45) is 5.73 Å². The highest BCUT2D eigenvalue weighted by atomic mass is 19.4. The zero-order valence-electron chi connectivity index (χ0n) is 11.7. The molecule has 0 spiro atoms. The van der Waals surface area contributed by atoms with Gasteiger partial charge >= 0.3 is 6.36 Å². The van der Waals surface area contributed by atoms with E-state index in [4.69, 9.17) is 5.73 Å². The van der Waals surface area contributed by atoms with Gasteiger partial charge in [-0.1, -0.05) is 31.9 Å². The molecule has 0 aliphatic heterocycles. The molecule has 1 aromatic rings. The minimum absolute atomic E-state index is 0.213. The SMILES string of the molecule is CCCC[C@H](N)C(=O)NCc1ccc(OC(F)(F)F)cc1. The zero-order chi connectivity index (χ0) is 15.9. The topological polar surface area (TPSA) is 64.4 Å². The lowest BCUT2D eigenvalue weighted by atomic mass is 10.1. The summed E-state index contributed by atoms with van der Waals surface area (Å²) in [6, 6.07) is 4.76. The lowest BCUT2D eigenvalue weighted by Crippen LogP contribution is -2.40. The smallest absolute Gasteiger partial charge is 0.406 e. The average molecular weight is 304 g/mol. The lowest BCUT2D eigenvalue weighted by molar-refractivity contribution is -0.274. The standard InChI is InChI=1S/C14H19F3N2O2/c1-2-3-4-12(18)13(20)19-9-10-5-7-11(8-6-10)21-14(15,16)17/h5-8,12H,2-4,9,18H2,1H3,(H,19,20)/t12-/m0/s1. The number of unbranched alkanes of at least 4 members (excludes halogenated alkanes) is 1. The summed E-state index contributed by atoms with van der Waals surface area (Å²) in [4.78, 5) is 11.7. The van der Waals surface area contributed by atoms with Gasteiger partial charge in [-0.05, 0) is 24.1 Å². The van der Waals surface area contributed by atoms with Gasteiger partial charge in [-0.15, -0.1) is 13.2 Å². The third kappa shape index (κ3) is 6.99. The summed E-state index contributed by atoms with van der Waals surface area (Å²) in [5.41, 5.74) is 6.37. The van der Waals surface area contributed by atoms with Crippen LogP contribution < -0.4 is 15.8 Å². The first-order valence-electron chi connectivity index (χ1n) is 6.70. The first-order chi connectivity index (χ1) is 9.81. The van der Waals surface area contributed by atoms with Gasteiger partial charge in [0.15, 0.2) is 0 Å². The minimum atomic E-state index is -4.71. The minimum Gasteiger partial charge on any atom is -0.406 e. The molecule has 0 heterocycles. The van der Waals surface area contributed by atoms with Crippen molar-refractivity contribution < 1.29 is 22.7 Å².